The van der Waals surface area contributed by atoms with Gasteiger partial charge in [0.15, 0.2) is 5.78 Å². The van der Waals surface area contributed by atoms with Gasteiger partial charge in [0.05, 0.1) is 7.11 Å². The highest BCUT2D eigenvalue weighted by Gasteiger charge is 2.57. The molecule has 1 unspecified atom stereocenters. The van der Waals surface area contributed by atoms with E-state index in [4.69, 9.17) is 9.47 Å². The number of ketones is 1. The van der Waals surface area contributed by atoms with Gasteiger partial charge in [0, 0.05) is 24.1 Å². The average Bonchev–Trinajstić information content (AvgIpc) is 2.83. The van der Waals surface area contributed by atoms with E-state index in [1.165, 1.54) is 7.11 Å². The van der Waals surface area contributed by atoms with Crippen molar-refractivity contribution in [2.75, 3.05) is 20.2 Å². The highest BCUT2D eigenvalue weighted by Crippen LogP contribution is 2.50. The second-order valence-electron chi connectivity index (χ2n) is 7.99. The molecule has 1 spiro atoms. The quantitative estimate of drug-likeness (QED) is 0.569. The predicted octanol–water partition coefficient (Wildman–Crippen LogP) is 2.94. The maximum absolute atomic E-state index is 12.9. The Morgan fingerprint density at radius 3 is 2.35 bits per heavy atom. The van der Waals surface area contributed by atoms with Gasteiger partial charge in [-0.05, 0) is 39.2 Å². The molecule has 1 aromatic carbocycles. The van der Waals surface area contributed by atoms with Gasteiger partial charge in [0.2, 0.25) is 0 Å². The lowest BCUT2D eigenvalue weighted by molar-refractivity contribution is -0.146. The number of rotatable bonds is 1. The monoisotopic (exact) mass is 359 g/mol. The Labute approximate surface area is 153 Å². The minimum Gasteiger partial charge on any atom is -0.468 e. The number of hydrogen-bond acceptors (Lipinski definition) is 5. The molecule has 0 N–H and O–H groups in total. The summed E-state index contributed by atoms with van der Waals surface area (Å²) in [5.74, 6) is -1.53. The Morgan fingerprint density at radius 2 is 1.77 bits per heavy atom. The fraction of sp³-hybridized carbons (Fsp3) is 0.550. The number of methoxy groups -OCH3 is 1. The first kappa shape index (κ1) is 18.4. The summed E-state index contributed by atoms with van der Waals surface area (Å²) in [4.78, 5) is 39.3. The van der Waals surface area contributed by atoms with Crippen molar-refractivity contribution < 1.29 is 23.9 Å². The Bertz CT molecular complexity index is 741. The SMILES string of the molecule is COC(=O)C1C(=O)c2ccccc2C12CCN(C(=O)OC(C)(C)C)CC2. The molecule has 3 rings (SSSR count). The van der Waals surface area contributed by atoms with Crippen molar-refractivity contribution in [1.82, 2.24) is 4.90 Å². The van der Waals surface area contributed by atoms with Crippen LogP contribution in [0.15, 0.2) is 24.3 Å². The molecule has 26 heavy (non-hydrogen) atoms. The number of nitrogens with zero attached hydrogens (tertiary/aromatic N) is 1. The third kappa shape index (κ3) is 2.97. The van der Waals surface area contributed by atoms with Gasteiger partial charge in [-0.1, -0.05) is 24.3 Å². The Hall–Kier alpha value is -2.37. The molecule has 140 valence electrons. The first-order chi connectivity index (χ1) is 12.2. The summed E-state index contributed by atoms with van der Waals surface area (Å²) in [6, 6.07) is 7.37. The van der Waals surface area contributed by atoms with Crippen LogP contribution in [-0.4, -0.2) is 48.5 Å². The zero-order valence-electron chi connectivity index (χ0n) is 15.7. The van der Waals surface area contributed by atoms with E-state index in [9.17, 15) is 14.4 Å². The van der Waals surface area contributed by atoms with E-state index in [1.807, 2.05) is 32.9 Å². The lowest BCUT2D eigenvalue weighted by atomic mass is 9.68. The summed E-state index contributed by atoms with van der Waals surface area (Å²) in [5, 5.41) is 0. The summed E-state index contributed by atoms with van der Waals surface area (Å²) >= 11 is 0. The minimum absolute atomic E-state index is 0.182. The van der Waals surface area contributed by atoms with Crippen molar-refractivity contribution in [3.05, 3.63) is 35.4 Å². The number of carbonyl (C=O) groups excluding carboxylic acids is 3. The van der Waals surface area contributed by atoms with Crippen molar-refractivity contribution in [2.45, 2.75) is 44.6 Å². The maximum Gasteiger partial charge on any atom is 0.410 e. The first-order valence-electron chi connectivity index (χ1n) is 8.89. The van der Waals surface area contributed by atoms with Crippen molar-refractivity contribution in [1.29, 1.82) is 0 Å². The molecule has 1 aliphatic heterocycles. The molecular formula is C20H25NO5. The molecule has 1 aliphatic carbocycles. The number of Topliss-reactive ketones (excluding diaryl/α,β-unsaturated/α-hetero) is 1. The van der Waals surface area contributed by atoms with Crippen molar-refractivity contribution >= 4 is 17.8 Å². The summed E-state index contributed by atoms with van der Waals surface area (Å²) in [6.07, 6.45) is 0.684. The number of hydrogen-bond donors (Lipinski definition) is 0. The molecule has 0 bridgehead atoms. The molecule has 1 saturated heterocycles. The van der Waals surface area contributed by atoms with Crippen LogP contribution < -0.4 is 0 Å². The molecule has 1 aromatic rings. The van der Waals surface area contributed by atoms with Gasteiger partial charge in [0.25, 0.3) is 0 Å². The lowest BCUT2D eigenvalue weighted by Crippen LogP contribution is -2.50. The Kier molecular flexibility index (Phi) is 4.54. The molecule has 1 fully saturated rings. The Morgan fingerprint density at radius 1 is 1.15 bits per heavy atom. The molecule has 0 saturated carbocycles. The second kappa shape index (κ2) is 6.41. The van der Waals surface area contributed by atoms with Crippen LogP contribution in [0.4, 0.5) is 4.79 Å². The molecule has 2 aliphatic rings. The van der Waals surface area contributed by atoms with Crippen LogP contribution in [0.1, 0.15) is 49.5 Å². The van der Waals surface area contributed by atoms with Gasteiger partial charge < -0.3 is 14.4 Å². The van der Waals surface area contributed by atoms with Gasteiger partial charge in [-0.3, -0.25) is 9.59 Å². The van der Waals surface area contributed by atoms with Gasteiger partial charge >= 0.3 is 12.1 Å². The van der Waals surface area contributed by atoms with Crippen LogP contribution in [0.2, 0.25) is 0 Å². The zero-order chi connectivity index (χ0) is 19.1. The van der Waals surface area contributed by atoms with E-state index in [2.05, 4.69) is 0 Å². The maximum atomic E-state index is 12.9. The largest absolute Gasteiger partial charge is 0.468 e. The average molecular weight is 359 g/mol. The van der Waals surface area contributed by atoms with E-state index in [-0.39, 0.29) is 11.9 Å². The van der Waals surface area contributed by atoms with Crippen molar-refractivity contribution in [2.24, 2.45) is 5.92 Å². The van der Waals surface area contributed by atoms with E-state index in [0.29, 0.717) is 31.5 Å². The molecule has 6 heteroatoms. The second-order valence-corrected chi connectivity index (χ2v) is 7.99. The highest BCUT2D eigenvalue weighted by molar-refractivity contribution is 6.14. The van der Waals surface area contributed by atoms with E-state index in [0.717, 1.165) is 5.56 Å². The van der Waals surface area contributed by atoms with E-state index < -0.39 is 22.9 Å². The van der Waals surface area contributed by atoms with Gasteiger partial charge in [-0.25, -0.2) is 4.79 Å². The van der Waals surface area contributed by atoms with Gasteiger partial charge in [-0.15, -0.1) is 0 Å². The topological polar surface area (TPSA) is 72.9 Å². The number of benzene rings is 1. The third-order valence-corrected chi connectivity index (χ3v) is 5.29. The van der Waals surface area contributed by atoms with Crippen LogP contribution in [0.5, 0.6) is 0 Å². The predicted molar refractivity (Wildman–Crippen MR) is 95.0 cm³/mol. The van der Waals surface area contributed by atoms with Gasteiger partial charge in [0.1, 0.15) is 11.5 Å². The normalized spacial score (nSPS) is 21.5. The van der Waals surface area contributed by atoms with Crippen LogP contribution in [0.25, 0.3) is 0 Å². The van der Waals surface area contributed by atoms with E-state index in [1.54, 1.807) is 17.0 Å². The fourth-order valence-electron chi connectivity index (χ4n) is 4.12. The number of likely N-dealkylation sites (tertiary alicyclic amines) is 1. The molecular weight excluding hydrogens is 334 g/mol. The van der Waals surface area contributed by atoms with E-state index >= 15 is 0 Å². The molecule has 0 radical (unpaired) electrons. The van der Waals surface area contributed by atoms with Gasteiger partial charge in [-0.2, -0.15) is 0 Å². The molecule has 1 amide bonds. The lowest BCUT2D eigenvalue weighted by Gasteiger charge is -2.42. The number of esters is 1. The van der Waals surface area contributed by atoms with Crippen LogP contribution in [0.3, 0.4) is 0 Å². The summed E-state index contributed by atoms with van der Waals surface area (Å²) < 4.78 is 10.4. The third-order valence-electron chi connectivity index (χ3n) is 5.29. The summed E-state index contributed by atoms with van der Waals surface area (Å²) in [7, 11) is 1.31. The van der Waals surface area contributed by atoms with Crippen molar-refractivity contribution in [3.63, 3.8) is 0 Å². The van der Waals surface area contributed by atoms with Crippen LogP contribution >= 0.6 is 0 Å². The number of ether oxygens (including phenoxy) is 2. The minimum atomic E-state index is -0.842. The number of amides is 1. The molecule has 1 atom stereocenters. The van der Waals surface area contributed by atoms with Crippen LogP contribution in [0, 0.1) is 5.92 Å². The zero-order valence-corrected chi connectivity index (χ0v) is 15.7. The number of fused-ring (bicyclic) bond motifs is 2. The van der Waals surface area contributed by atoms with Crippen LogP contribution in [-0.2, 0) is 19.7 Å². The number of carbonyl (C=O) groups is 3. The number of piperidine rings is 1. The standard InChI is InChI=1S/C20H25NO5/c1-19(2,3)26-18(24)21-11-9-20(10-12-21)14-8-6-5-7-13(14)16(22)15(20)17(23)25-4/h5-8,15H,9-12H2,1-4H3. The fourth-order valence-corrected chi connectivity index (χ4v) is 4.12. The summed E-state index contributed by atoms with van der Waals surface area (Å²) in [5.41, 5.74) is 0.313. The smallest absolute Gasteiger partial charge is 0.410 e. The highest BCUT2D eigenvalue weighted by atomic mass is 16.6. The Balaban J connectivity index is 1.88. The molecule has 1 heterocycles. The van der Waals surface area contributed by atoms with Crippen molar-refractivity contribution in [3.8, 4) is 0 Å². The molecule has 6 nitrogen and oxygen atoms in total. The first-order valence-corrected chi connectivity index (χ1v) is 8.89. The molecule has 0 aromatic heterocycles. The summed E-state index contributed by atoms with van der Waals surface area (Å²) in [6.45, 7) is 6.36.